The van der Waals surface area contributed by atoms with Crippen LogP contribution in [-0.4, -0.2) is 24.5 Å². The fraction of sp³-hybridized carbons (Fsp3) is 0.462. The van der Waals surface area contributed by atoms with Gasteiger partial charge >= 0.3 is 0 Å². The van der Waals surface area contributed by atoms with Crippen molar-refractivity contribution in [2.75, 3.05) is 6.54 Å². The molecule has 2 atom stereocenters. The number of benzene rings is 1. The standard InChI is InChI=1S/C13H17NO2/c14-9-11-6-7-13(16-11)12(15)8-10-4-2-1-3-5-10/h1-5,11,13H,6-9,14H2. The summed E-state index contributed by atoms with van der Waals surface area (Å²) in [6.07, 6.45) is 2.01. The lowest BCUT2D eigenvalue weighted by atomic mass is 10.0. The van der Waals surface area contributed by atoms with Gasteiger partial charge in [-0.15, -0.1) is 0 Å². The maximum Gasteiger partial charge on any atom is 0.165 e. The first-order valence-corrected chi connectivity index (χ1v) is 5.71. The summed E-state index contributed by atoms with van der Waals surface area (Å²) in [6, 6.07) is 9.77. The summed E-state index contributed by atoms with van der Waals surface area (Å²) in [4.78, 5) is 11.9. The van der Waals surface area contributed by atoms with Crippen LogP contribution in [0.5, 0.6) is 0 Å². The fourth-order valence-electron chi connectivity index (χ4n) is 2.03. The Morgan fingerprint density at radius 1 is 1.31 bits per heavy atom. The summed E-state index contributed by atoms with van der Waals surface area (Å²) < 4.78 is 5.57. The highest BCUT2D eigenvalue weighted by molar-refractivity contribution is 5.85. The SMILES string of the molecule is NCC1CCC(C(=O)Cc2ccccc2)O1. The van der Waals surface area contributed by atoms with Gasteiger partial charge in [0.2, 0.25) is 0 Å². The Bertz CT molecular complexity index is 350. The topological polar surface area (TPSA) is 52.3 Å². The van der Waals surface area contributed by atoms with Gasteiger partial charge in [0.1, 0.15) is 6.10 Å². The van der Waals surface area contributed by atoms with Crippen LogP contribution in [-0.2, 0) is 16.0 Å². The molecule has 0 radical (unpaired) electrons. The monoisotopic (exact) mass is 219 g/mol. The van der Waals surface area contributed by atoms with Crippen molar-refractivity contribution in [3.8, 4) is 0 Å². The Hall–Kier alpha value is -1.19. The molecule has 1 aromatic rings. The zero-order valence-electron chi connectivity index (χ0n) is 9.26. The Morgan fingerprint density at radius 3 is 2.69 bits per heavy atom. The van der Waals surface area contributed by atoms with Gasteiger partial charge in [-0.1, -0.05) is 30.3 Å². The number of Topliss-reactive ketones (excluding diaryl/α,β-unsaturated/α-hetero) is 1. The molecule has 0 spiro atoms. The Morgan fingerprint density at radius 2 is 2.06 bits per heavy atom. The summed E-state index contributed by atoms with van der Waals surface area (Å²) in [7, 11) is 0. The summed E-state index contributed by atoms with van der Waals surface area (Å²) >= 11 is 0. The van der Waals surface area contributed by atoms with Gasteiger partial charge in [0.15, 0.2) is 5.78 Å². The van der Waals surface area contributed by atoms with Crippen molar-refractivity contribution in [1.29, 1.82) is 0 Å². The van der Waals surface area contributed by atoms with Crippen molar-refractivity contribution < 1.29 is 9.53 Å². The number of carbonyl (C=O) groups excluding carboxylic acids is 1. The molecule has 1 aliphatic heterocycles. The number of ether oxygens (including phenoxy) is 1. The van der Waals surface area contributed by atoms with Crippen LogP contribution in [0.15, 0.2) is 30.3 Å². The number of rotatable bonds is 4. The molecule has 0 amide bonds. The van der Waals surface area contributed by atoms with Crippen LogP contribution in [0.1, 0.15) is 18.4 Å². The Balaban J connectivity index is 1.90. The number of ketones is 1. The molecule has 0 aromatic heterocycles. The first kappa shape index (κ1) is 11.3. The van der Waals surface area contributed by atoms with E-state index in [1.165, 1.54) is 0 Å². The minimum Gasteiger partial charge on any atom is -0.366 e. The lowest BCUT2D eigenvalue weighted by Gasteiger charge is -2.11. The second-order valence-electron chi connectivity index (χ2n) is 4.19. The molecule has 0 aliphatic carbocycles. The van der Waals surface area contributed by atoms with Gasteiger partial charge in [-0.3, -0.25) is 4.79 Å². The summed E-state index contributed by atoms with van der Waals surface area (Å²) in [6.45, 7) is 0.509. The predicted octanol–water partition coefficient (Wildman–Crippen LogP) is 1.30. The van der Waals surface area contributed by atoms with Gasteiger partial charge in [-0.25, -0.2) is 0 Å². The zero-order valence-corrected chi connectivity index (χ0v) is 9.26. The largest absolute Gasteiger partial charge is 0.366 e. The highest BCUT2D eigenvalue weighted by Gasteiger charge is 2.29. The maximum absolute atomic E-state index is 11.9. The summed E-state index contributed by atoms with van der Waals surface area (Å²) in [5.41, 5.74) is 6.56. The molecule has 1 aromatic carbocycles. The Kier molecular flexibility index (Phi) is 3.70. The number of carbonyl (C=O) groups is 1. The van der Waals surface area contributed by atoms with E-state index in [1.54, 1.807) is 0 Å². The first-order chi connectivity index (χ1) is 7.79. The van der Waals surface area contributed by atoms with E-state index in [1.807, 2.05) is 30.3 Å². The van der Waals surface area contributed by atoms with Crippen LogP contribution in [0.3, 0.4) is 0 Å². The molecule has 0 bridgehead atoms. The minimum atomic E-state index is -0.242. The molecular formula is C13H17NO2. The van der Waals surface area contributed by atoms with Crippen LogP contribution in [0.2, 0.25) is 0 Å². The fourth-order valence-corrected chi connectivity index (χ4v) is 2.03. The molecule has 3 heteroatoms. The number of hydrogen-bond donors (Lipinski definition) is 1. The smallest absolute Gasteiger partial charge is 0.165 e. The molecule has 2 rings (SSSR count). The normalized spacial score (nSPS) is 24.6. The minimum absolute atomic E-state index is 0.0738. The molecule has 3 nitrogen and oxygen atoms in total. The molecule has 86 valence electrons. The van der Waals surface area contributed by atoms with Crippen LogP contribution in [0.4, 0.5) is 0 Å². The first-order valence-electron chi connectivity index (χ1n) is 5.71. The third-order valence-electron chi connectivity index (χ3n) is 2.95. The average molecular weight is 219 g/mol. The van der Waals surface area contributed by atoms with Gasteiger partial charge in [0.05, 0.1) is 6.10 Å². The van der Waals surface area contributed by atoms with E-state index < -0.39 is 0 Å². The van der Waals surface area contributed by atoms with Crippen LogP contribution in [0.25, 0.3) is 0 Å². The second kappa shape index (κ2) is 5.23. The summed E-state index contributed by atoms with van der Waals surface area (Å²) in [5, 5.41) is 0. The lowest BCUT2D eigenvalue weighted by Crippen LogP contribution is -2.26. The average Bonchev–Trinajstić information content (AvgIpc) is 2.79. The third-order valence-corrected chi connectivity index (χ3v) is 2.95. The van der Waals surface area contributed by atoms with Crippen molar-refractivity contribution in [2.45, 2.75) is 31.5 Å². The highest BCUT2D eigenvalue weighted by Crippen LogP contribution is 2.20. The summed E-state index contributed by atoms with van der Waals surface area (Å²) in [5.74, 6) is 0.169. The Labute approximate surface area is 95.6 Å². The molecule has 1 saturated heterocycles. The van der Waals surface area contributed by atoms with Gasteiger partial charge in [-0.05, 0) is 18.4 Å². The van der Waals surface area contributed by atoms with E-state index in [2.05, 4.69) is 0 Å². The lowest BCUT2D eigenvalue weighted by molar-refractivity contribution is -0.128. The molecular weight excluding hydrogens is 202 g/mol. The molecule has 1 heterocycles. The number of nitrogens with two attached hydrogens (primary N) is 1. The maximum atomic E-state index is 11.9. The predicted molar refractivity (Wildman–Crippen MR) is 62.1 cm³/mol. The van der Waals surface area contributed by atoms with Crippen molar-refractivity contribution >= 4 is 5.78 Å². The molecule has 16 heavy (non-hydrogen) atoms. The molecule has 1 fully saturated rings. The molecule has 2 unspecified atom stereocenters. The van der Waals surface area contributed by atoms with Crippen molar-refractivity contribution in [1.82, 2.24) is 0 Å². The second-order valence-corrected chi connectivity index (χ2v) is 4.19. The van der Waals surface area contributed by atoms with E-state index >= 15 is 0 Å². The van der Waals surface area contributed by atoms with E-state index in [0.29, 0.717) is 13.0 Å². The van der Waals surface area contributed by atoms with Gasteiger partial charge in [0, 0.05) is 13.0 Å². The van der Waals surface area contributed by atoms with Crippen molar-refractivity contribution in [3.05, 3.63) is 35.9 Å². The zero-order chi connectivity index (χ0) is 11.4. The van der Waals surface area contributed by atoms with Crippen molar-refractivity contribution in [3.63, 3.8) is 0 Å². The van der Waals surface area contributed by atoms with Gasteiger partial charge in [-0.2, -0.15) is 0 Å². The van der Waals surface area contributed by atoms with E-state index in [-0.39, 0.29) is 18.0 Å². The van der Waals surface area contributed by atoms with Crippen molar-refractivity contribution in [2.24, 2.45) is 5.73 Å². The highest BCUT2D eigenvalue weighted by atomic mass is 16.5. The van der Waals surface area contributed by atoms with Gasteiger partial charge in [0.25, 0.3) is 0 Å². The number of hydrogen-bond acceptors (Lipinski definition) is 3. The molecule has 2 N–H and O–H groups in total. The van der Waals surface area contributed by atoms with Crippen LogP contribution >= 0.6 is 0 Å². The molecule has 0 saturated carbocycles. The van der Waals surface area contributed by atoms with E-state index in [9.17, 15) is 4.79 Å². The van der Waals surface area contributed by atoms with Gasteiger partial charge < -0.3 is 10.5 Å². The third kappa shape index (κ3) is 2.68. The quantitative estimate of drug-likeness (QED) is 0.830. The van der Waals surface area contributed by atoms with Crippen LogP contribution < -0.4 is 5.73 Å². The van der Waals surface area contributed by atoms with Crippen LogP contribution in [0, 0.1) is 0 Å². The van der Waals surface area contributed by atoms with E-state index in [4.69, 9.17) is 10.5 Å². The van der Waals surface area contributed by atoms with E-state index in [0.717, 1.165) is 18.4 Å². The molecule has 1 aliphatic rings.